The summed E-state index contributed by atoms with van der Waals surface area (Å²) >= 11 is 0. The molecule has 154 valence electrons. The van der Waals surface area contributed by atoms with Crippen LogP contribution in [0.15, 0.2) is 35.1 Å². The van der Waals surface area contributed by atoms with Crippen molar-refractivity contribution in [2.75, 3.05) is 19.6 Å². The molecule has 0 radical (unpaired) electrons. The minimum Gasteiger partial charge on any atom is -0.360 e. The van der Waals surface area contributed by atoms with E-state index in [9.17, 15) is 9.59 Å². The molecule has 29 heavy (non-hydrogen) atoms. The zero-order valence-electron chi connectivity index (χ0n) is 17.1. The van der Waals surface area contributed by atoms with Crippen LogP contribution in [0.3, 0.4) is 0 Å². The van der Waals surface area contributed by atoms with E-state index in [1.54, 1.807) is 18.5 Å². The maximum absolute atomic E-state index is 12.8. The first-order chi connectivity index (χ1) is 14.0. The molecule has 2 fully saturated rings. The fourth-order valence-corrected chi connectivity index (χ4v) is 4.37. The first-order valence-electron chi connectivity index (χ1n) is 10.4. The van der Waals surface area contributed by atoms with E-state index in [1.165, 1.54) is 0 Å². The lowest BCUT2D eigenvalue weighted by molar-refractivity contribution is -0.139. The highest BCUT2D eigenvalue weighted by Gasteiger charge is 2.42. The lowest BCUT2D eigenvalue weighted by Gasteiger charge is -2.47. The van der Waals surface area contributed by atoms with Crippen molar-refractivity contribution in [3.63, 3.8) is 0 Å². The first kappa shape index (κ1) is 19.6. The van der Waals surface area contributed by atoms with Crippen LogP contribution in [0.4, 0.5) is 0 Å². The minimum atomic E-state index is -0.0592. The molecule has 0 unspecified atom stereocenters. The molecule has 2 saturated heterocycles. The maximum atomic E-state index is 12.8. The Kier molecular flexibility index (Phi) is 5.39. The third-order valence-electron chi connectivity index (χ3n) is 6.30. The summed E-state index contributed by atoms with van der Waals surface area (Å²) in [4.78, 5) is 33.2. The van der Waals surface area contributed by atoms with Crippen molar-refractivity contribution in [3.8, 4) is 0 Å². The van der Waals surface area contributed by atoms with E-state index in [0.717, 1.165) is 37.1 Å². The molecule has 2 aliphatic rings. The van der Waals surface area contributed by atoms with Gasteiger partial charge in [-0.2, -0.15) is 0 Å². The number of likely N-dealkylation sites (tertiary alicyclic amines) is 2. The molecule has 0 aliphatic carbocycles. The topological polar surface area (TPSA) is 79.5 Å². The molecule has 4 rings (SSSR count). The van der Waals surface area contributed by atoms with Crippen LogP contribution in [-0.4, -0.2) is 51.4 Å². The summed E-state index contributed by atoms with van der Waals surface area (Å²) in [6.45, 7) is 6.81. The average Bonchev–Trinajstić information content (AvgIpc) is 3.23. The number of pyridine rings is 1. The van der Waals surface area contributed by atoms with E-state index >= 15 is 0 Å². The van der Waals surface area contributed by atoms with Gasteiger partial charge in [-0.05, 0) is 42.4 Å². The molecule has 2 aromatic heterocycles. The number of nitrogens with zero attached hydrogens (tertiary/aromatic N) is 4. The molecule has 4 heterocycles. The number of amides is 2. The van der Waals surface area contributed by atoms with E-state index in [0.29, 0.717) is 31.7 Å². The van der Waals surface area contributed by atoms with Crippen LogP contribution >= 0.6 is 0 Å². The second-order valence-electron chi connectivity index (χ2n) is 8.67. The molecule has 0 aromatic carbocycles. The number of aromatic nitrogens is 2. The molecule has 0 atom stereocenters. The molecule has 0 saturated carbocycles. The third-order valence-corrected chi connectivity index (χ3v) is 6.30. The van der Waals surface area contributed by atoms with Crippen molar-refractivity contribution in [1.82, 2.24) is 19.9 Å². The summed E-state index contributed by atoms with van der Waals surface area (Å²) in [5, 5.41) is 3.96. The van der Waals surface area contributed by atoms with E-state index in [4.69, 9.17) is 4.52 Å². The number of rotatable bonds is 4. The van der Waals surface area contributed by atoms with Gasteiger partial charge in [0.2, 0.25) is 5.91 Å². The Morgan fingerprint density at radius 1 is 1.21 bits per heavy atom. The van der Waals surface area contributed by atoms with E-state index < -0.39 is 0 Å². The van der Waals surface area contributed by atoms with Gasteiger partial charge in [0.1, 0.15) is 5.76 Å². The molecule has 2 aliphatic heterocycles. The fraction of sp³-hybridized carbons (Fsp3) is 0.545. The maximum Gasteiger partial charge on any atom is 0.276 e. The molecule has 0 N–H and O–H groups in total. The van der Waals surface area contributed by atoms with Gasteiger partial charge in [0, 0.05) is 57.0 Å². The van der Waals surface area contributed by atoms with Crippen LogP contribution in [0.25, 0.3) is 0 Å². The highest BCUT2D eigenvalue weighted by atomic mass is 16.5. The molecule has 0 bridgehead atoms. The van der Waals surface area contributed by atoms with E-state index in [-0.39, 0.29) is 23.1 Å². The van der Waals surface area contributed by atoms with Gasteiger partial charge in [-0.25, -0.2) is 0 Å². The first-order valence-corrected chi connectivity index (χ1v) is 10.4. The number of hydrogen-bond acceptors (Lipinski definition) is 5. The predicted molar refractivity (Wildman–Crippen MR) is 107 cm³/mol. The molecule has 1 spiro atoms. The van der Waals surface area contributed by atoms with Gasteiger partial charge in [-0.3, -0.25) is 14.6 Å². The highest BCUT2D eigenvalue weighted by molar-refractivity contribution is 5.92. The minimum absolute atomic E-state index is 0.0592. The Balaban J connectivity index is 1.38. The van der Waals surface area contributed by atoms with Crippen molar-refractivity contribution in [2.24, 2.45) is 5.41 Å². The Morgan fingerprint density at radius 2 is 1.93 bits per heavy atom. The lowest BCUT2D eigenvalue weighted by Crippen LogP contribution is -2.52. The van der Waals surface area contributed by atoms with Gasteiger partial charge in [-0.1, -0.05) is 19.0 Å². The van der Waals surface area contributed by atoms with Crippen LogP contribution in [-0.2, 0) is 11.3 Å². The SMILES string of the molecule is CC(C)c1cc(C(=O)N2CCC3(CCC(=O)N(Cc4ccncc4)C3)CC2)no1. The molecule has 2 aromatic rings. The quantitative estimate of drug-likeness (QED) is 0.793. The molecule has 2 amide bonds. The summed E-state index contributed by atoms with van der Waals surface area (Å²) in [6, 6.07) is 5.67. The van der Waals surface area contributed by atoms with Crippen LogP contribution in [0.2, 0.25) is 0 Å². The predicted octanol–water partition coefficient (Wildman–Crippen LogP) is 3.24. The second kappa shape index (κ2) is 7.97. The third kappa shape index (κ3) is 4.18. The second-order valence-corrected chi connectivity index (χ2v) is 8.67. The summed E-state index contributed by atoms with van der Waals surface area (Å²) in [6.07, 6.45) is 6.83. The summed E-state index contributed by atoms with van der Waals surface area (Å²) in [5.74, 6) is 1.10. The molecular formula is C22H28N4O3. The highest BCUT2D eigenvalue weighted by Crippen LogP contribution is 2.40. The van der Waals surface area contributed by atoms with Gasteiger partial charge in [-0.15, -0.1) is 0 Å². The van der Waals surface area contributed by atoms with Crippen molar-refractivity contribution in [1.29, 1.82) is 0 Å². The zero-order chi connectivity index (χ0) is 20.4. The van der Waals surface area contributed by atoms with Gasteiger partial charge in [0.25, 0.3) is 5.91 Å². The van der Waals surface area contributed by atoms with Crippen molar-refractivity contribution >= 4 is 11.8 Å². The van der Waals surface area contributed by atoms with Crippen molar-refractivity contribution < 1.29 is 14.1 Å². The summed E-state index contributed by atoms with van der Waals surface area (Å²) in [5.41, 5.74) is 1.60. The van der Waals surface area contributed by atoms with Gasteiger partial charge < -0.3 is 14.3 Å². The monoisotopic (exact) mass is 396 g/mol. The van der Waals surface area contributed by atoms with Crippen LogP contribution in [0, 0.1) is 5.41 Å². The van der Waals surface area contributed by atoms with E-state index in [2.05, 4.69) is 10.1 Å². The number of carbonyl (C=O) groups is 2. The Morgan fingerprint density at radius 3 is 2.59 bits per heavy atom. The van der Waals surface area contributed by atoms with Crippen molar-refractivity contribution in [3.05, 3.63) is 47.6 Å². The fourth-order valence-electron chi connectivity index (χ4n) is 4.37. The number of piperidine rings is 2. The van der Waals surface area contributed by atoms with Gasteiger partial charge in [0.05, 0.1) is 0 Å². The lowest BCUT2D eigenvalue weighted by atomic mass is 9.72. The summed E-state index contributed by atoms with van der Waals surface area (Å²) < 4.78 is 5.28. The molecule has 7 nitrogen and oxygen atoms in total. The Bertz CT molecular complexity index is 869. The standard InChI is InChI=1S/C22H28N4O3/c1-16(2)19-13-18(24-29-19)21(28)25-11-7-22(8-12-25)6-3-20(27)26(15-22)14-17-4-9-23-10-5-17/h4-5,9-10,13,16H,3,6-8,11-12,14-15H2,1-2H3. The van der Waals surface area contributed by atoms with Gasteiger partial charge in [0.15, 0.2) is 5.69 Å². The Labute approximate surface area is 171 Å². The number of hydrogen-bond donors (Lipinski definition) is 0. The smallest absolute Gasteiger partial charge is 0.276 e. The van der Waals surface area contributed by atoms with E-state index in [1.807, 2.05) is 35.8 Å². The molecular weight excluding hydrogens is 368 g/mol. The van der Waals surface area contributed by atoms with Crippen LogP contribution < -0.4 is 0 Å². The average molecular weight is 396 g/mol. The van der Waals surface area contributed by atoms with Crippen molar-refractivity contribution in [2.45, 2.75) is 52.0 Å². The normalized spacial score (nSPS) is 19.2. The Hall–Kier alpha value is -2.70. The van der Waals surface area contributed by atoms with Gasteiger partial charge >= 0.3 is 0 Å². The zero-order valence-corrected chi connectivity index (χ0v) is 17.1. The van der Waals surface area contributed by atoms with Crippen LogP contribution in [0.5, 0.6) is 0 Å². The number of carbonyl (C=O) groups excluding carboxylic acids is 2. The largest absolute Gasteiger partial charge is 0.360 e. The summed E-state index contributed by atoms with van der Waals surface area (Å²) in [7, 11) is 0. The van der Waals surface area contributed by atoms with Crippen LogP contribution in [0.1, 0.15) is 67.3 Å². The molecule has 7 heteroatoms.